The van der Waals surface area contributed by atoms with Gasteiger partial charge in [0, 0.05) is 12.2 Å². The number of halogens is 2. The lowest BCUT2D eigenvalue weighted by Gasteiger charge is -2.27. The summed E-state index contributed by atoms with van der Waals surface area (Å²) >= 11 is 3.33. The predicted molar refractivity (Wildman–Crippen MR) is 65.6 cm³/mol. The molecule has 14 heavy (non-hydrogen) atoms. The smallest absolute Gasteiger partial charge is 0.106 e. The van der Waals surface area contributed by atoms with Crippen LogP contribution in [0.3, 0.4) is 0 Å². The number of nitrogens with zero attached hydrogens (tertiary/aromatic N) is 1. The molecule has 4 heteroatoms. The Labute approximate surface area is 99.8 Å². The lowest BCUT2D eigenvalue weighted by Crippen LogP contribution is -2.26. The van der Waals surface area contributed by atoms with Gasteiger partial charge in [0.25, 0.3) is 0 Å². The molecule has 0 amide bonds. The van der Waals surface area contributed by atoms with Gasteiger partial charge in [-0.2, -0.15) is 0 Å². The van der Waals surface area contributed by atoms with Crippen LogP contribution in [-0.4, -0.2) is 4.98 Å². The standard InChI is InChI=1S/C10H15BrN2.ClH/c1-10(2,3)9(12)7-4-5-13-8(11)6-7;/h4-6,9H,12H2,1-3H3;1H/t9-;/m0./s1. The average molecular weight is 280 g/mol. The normalized spacial score (nSPS) is 13.2. The summed E-state index contributed by atoms with van der Waals surface area (Å²) in [5.74, 6) is 0. The van der Waals surface area contributed by atoms with Crippen molar-refractivity contribution in [1.82, 2.24) is 4.98 Å². The van der Waals surface area contributed by atoms with Gasteiger partial charge in [0.2, 0.25) is 0 Å². The molecule has 2 N–H and O–H groups in total. The van der Waals surface area contributed by atoms with E-state index in [4.69, 9.17) is 5.73 Å². The third kappa shape index (κ3) is 3.56. The lowest BCUT2D eigenvalue weighted by atomic mass is 9.83. The molecule has 0 aliphatic carbocycles. The fraction of sp³-hybridized carbons (Fsp3) is 0.500. The van der Waals surface area contributed by atoms with Crippen LogP contribution in [0.25, 0.3) is 0 Å². The predicted octanol–water partition coefficient (Wildman–Crippen LogP) is 3.31. The topological polar surface area (TPSA) is 38.9 Å². The van der Waals surface area contributed by atoms with Crippen molar-refractivity contribution in [2.75, 3.05) is 0 Å². The minimum Gasteiger partial charge on any atom is -0.324 e. The summed E-state index contributed by atoms with van der Waals surface area (Å²) in [7, 11) is 0. The summed E-state index contributed by atoms with van der Waals surface area (Å²) in [6.07, 6.45) is 1.77. The van der Waals surface area contributed by atoms with E-state index in [0.29, 0.717) is 0 Å². The molecule has 0 bridgehead atoms. The Balaban J connectivity index is 0.00000169. The van der Waals surface area contributed by atoms with Crippen LogP contribution in [0.2, 0.25) is 0 Å². The molecule has 0 saturated carbocycles. The monoisotopic (exact) mass is 278 g/mol. The molecule has 0 unspecified atom stereocenters. The fourth-order valence-electron chi connectivity index (χ4n) is 1.11. The highest BCUT2D eigenvalue weighted by atomic mass is 79.9. The van der Waals surface area contributed by atoms with E-state index in [9.17, 15) is 0 Å². The van der Waals surface area contributed by atoms with Gasteiger partial charge < -0.3 is 5.73 Å². The minimum atomic E-state index is 0. The third-order valence-electron chi connectivity index (χ3n) is 2.04. The summed E-state index contributed by atoms with van der Waals surface area (Å²) in [5.41, 5.74) is 7.30. The van der Waals surface area contributed by atoms with Crippen LogP contribution in [0, 0.1) is 5.41 Å². The van der Waals surface area contributed by atoms with Crippen molar-refractivity contribution in [2.45, 2.75) is 26.8 Å². The second kappa shape index (κ2) is 5.10. The van der Waals surface area contributed by atoms with Gasteiger partial charge in [0.15, 0.2) is 0 Å². The highest BCUT2D eigenvalue weighted by Gasteiger charge is 2.22. The highest BCUT2D eigenvalue weighted by Crippen LogP contribution is 2.30. The van der Waals surface area contributed by atoms with Gasteiger partial charge in [0.05, 0.1) is 0 Å². The summed E-state index contributed by atoms with van der Waals surface area (Å²) in [4.78, 5) is 4.07. The summed E-state index contributed by atoms with van der Waals surface area (Å²) in [5, 5.41) is 0. The van der Waals surface area contributed by atoms with Gasteiger partial charge in [-0.25, -0.2) is 4.98 Å². The van der Waals surface area contributed by atoms with Crippen molar-refractivity contribution < 1.29 is 0 Å². The van der Waals surface area contributed by atoms with E-state index >= 15 is 0 Å². The first-order valence-electron chi connectivity index (χ1n) is 4.28. The van der Waals surface area contributed by atoms with E-state index in [-0.39, 0.29) is 23.9 Å². The molecule has 80 valence electrons. The highest BCUT2D eigenvalue weighted by molar-refractivity contribution is 9.10. The Hall–Kier alpha value is -0.120. The lowest BCUT2D eigenvalue weighted by molar-refractivity contribution is 0.326. The molecule has 0 saturated heterocycles. The minimum absolute atomic E-state index is 0. The molecule has 1 rings (SSSR count). The first kappa shape index (κ1) is 13.9. The van der Waals surface area contributed by atoms with Crippen LogP contribution in [0.5, 0.6) is 0 Å². The van der Waals surface area contributed by atoms with Gasteiger partial charge in [-0.3, -0.25) is 0 Å². The molecular weight excluding hydrogens is 263 g/mol. The molecule has 0 aliphatic rings. The van der Waals surface area contributed by atoms with Crippen molar-refractivity contribution in [3.8, 4) is 0 Å². The third-order valence-corrected chi connectivity index (χ3v) is 2.48. The van der Waals surface area contributed by atoms with Gasteiger partial charge in [-0.15, -0.1) is 12.4 Å². The van der Waals surface area contributed by atoms with Crippen molar-refractivity contribution in [3.05, 3.63) is 28.5 Å². The zero-order valence-corrected chi connectivity index (χ0v) is 11.0. The fourth-order valence-corrected chi connectivity index (χ4v) is 1.49. The van der Waals surface area contributed by atoms with Crippen LogP contribution >= 0.6 is 28.3 Å². The first-order chi connectivity index (χ1) is 5.91. The van der Waals surface area contributed by atoms with E-state index in [2.05, 4.69) is 41.7 Å². The first-order valence-corrected chi connectivity index (χ1v) is 5.07. The zero-order valence-electron chi connectivity index (χ0n) is 8.62. The Morgan fingerprint density at radius 1 is 1.43 bits per heavy atom. The largest absolute Gasteiger partial charge is 0.324 e. The molecule has 2 nitrogen and oxygen atoms in total. The number of rotatable bonds is 1. The quantitative estimate of drug-likeness (QED) is 0.801. The van der Waals surface area contributed by atoms with E-state index in [1.54, 1.807) is 6.20 Å². The second-order valence-electron chi connectivity index (χ2n) is 4.26. The maximum Gasteiger partial charge on any atom is 0.106 e. The molecule has 1 aromatic heterocycles. The SMILES string of the molecule is CC(C)(C)[C@@H](N)c1ccnc(Br)c1.Cl. The van der Waals surface area contributed by atoms with Crippen molar-refractivity contribution >= 4 is 28.3 Å². The van der Waals surface area contributed by atoms with E-state index in [0.717, 1.165) is 10.2 Å². The van der Waals surface area contributed by atoms with Crippen LogP contribution < -0.4 is 5.73 Å². The Kier molecular flexibility index (Phi) is 5.06. The molecule has 1 aromatic rings. The summed E-state index contributed by atoms with van der Waals surface area (Å²) in [6, 6.07) is 3.98. The van der Waals surface area contributed by atoms with Crippen LogP contribution in [0.4, 0.5) is 0 Å². The summed E-state index contributed by atoms with van der Waals surface area (Å²) < 4.78 is 0.838. The molecule has 1 atom stereocenters. The van der Waals surface area contributed by atoms with Gasteiger partial charge >= 0.3 is 0 Å². The van der Waals surface area contributed by atoms with Gasteiger partial charge in [0.1, 0.15) is 4.60 Å². The molecule has 0 aliphatic heterocycles. The number of aromatic nitrogens is 1. The number of pyridine rings is 1. The maximum atomic E-state index is 6.09. The van der Waals surface area contributed by atoms with Gasteiger partial charge in [-0.1, -0.05) is 20.8 Å². The Morgan fingerprint density at radius 3 is 2.43 bits per heavy atom. The van der Waals surface area contributed by atoms with Crippen molar-refractivity contribution in [3.63, 3.8) is 0 Å². The number of hydrogen-bond donors (Lipinski definition) is 1. The molecule has 0 radical (unpaired) electrons. The number of nitrogens with two attached hydrogens (primary N) is 1. The van der Waals surface area contributed by atoms with Crippen LogP contribution in [0.1, 0.15) is 32.4 Å². The zero-order chi connectivity index (χ0) is 10.1. The summed E-state index contributed by atoms with van der Waals surface area (Å²) in [6.45, 7) is 6.39. The maximum absolute atomic E-state index is 6.09. The van der Waals surface area contributed by atoms with Gasteiger partial charge in [-0.05, 0) is 39.0 Å². The molecule has 0 aromatic carbocycles. The van der Waals surface area contributed by atoms with Crippen molar-refractivity contribution in [2.24, 2.45) is 11.1 Å². The van der Waals surface area contributed by atoms with E-state index < -0.39 is 0 Å². The molecule has 0 spiro atoms. The Morgan fingerprint density at radius 2 is 2.00 bits per heavy atom. The van der Waals surface area contributed by atoms with E-state index in [1.165, 1.54) is 0 Å². The Bertz CT molecular complexity index is 296. The van der Waals surface area contributed by atoms with Crippen molar-refractivity contribution in [1.29, 1.82) is 0 Å². The van der Waals surface area contributed by atoms with Crippen LogP contribution in [0.15, 0.2) is 22.9 Å². The molecular formula is C10H16BrClN2. The second-order valence-corrected chi connectivity index (χ2v) is 5.07. The molecule has 0 fully saturated rings. The van der Waals surface area contributed by atoms with Crippen LogP contribution in [-0.2, 0) is 0 Å². The number of hydrogen-bond acceptors (Lipinski definition) is 2. The van der Waals surface area contributed by atoms with E-state index in [1.807, 2.05) is 12.1 Å². The average Bonchev–Trinajstić information content (AvgIpc) is 2.01. The molecule has 1 heterocycles.